The van der Waals surface area contributed by atoms with Gasteiger partial charge in [0.1, 0.15) is 0 Å². The van der Waals surface area contributed by atoms with E-state index in [1.807, 2.05) is 36.4 Å². The Morgan fingerprint density at radius 2 is 1.75 bits per heavy atom. The molecule has 2 aromatic rings. The number of hydrogen-bond donors (Lipinski definition) is 1. The smallest absolute Gasteiger partial charge is 0.0657 e. The fourth-order valence-electron chi connectivity index (χ4n) is 2.27. The van der Waals surface area contributed by atoms with E-state index in [1.54, 1.807) is 7.11 Å². The van der Waals surface area contributed by atoms with Gasteiger partial charge in [0.15, 0.2) is 0 Å². The fraction of sp³-hybridized carbons (Fsp3) is 0.294. The summed E-state index contributed by atoms with van der Waals surface area (Å²) in [7, 11) is 1.72. The summed E-state index contributed by atoms with van der Waals surface area (Å²) in [5, 5.41) is 4.36. The minimum atomic E-state index is 0.162. The lowest BCUT2D eigenvalue weighted by atomic mass is 10.0. The summed E-state index contributed by atoms with van der Waals surface area (Å²) in [5.74, 6) is 0. The standard InChI is InChI=1S/C17H20ClNO/c1-13(15-9-6-10-16(18)11-15)19-17(12-20-2)14-7-4-3-5-8-14/h3-11,13,17,19H,12H2,1-2H3/t13-,17?/m1/s1. The molecule has 2 atom stereocenters. The van der Waals surface area contributed by atoms with E-state index in [4.69, 9.17) is 16.3 Å². The van der Waals surface area contributed by atoms with E-state index in [2.05, 4.69) is 30.4 Å². The van der Waals surface area contributed by atoms with E-state index in [0.29, 0.717) is 6.61 Å². The van der Waals surface area contributed by atoms with Crippen molar-refractivity contribution in [2.24, 2.45) is 0 Å². The van der Waals surface area contributed by atoms with Crippen molar-refractivity contribution in [3.8, 4) is 0 Å². The summed E-state index contributed by atoms with van der Waals surface area (Å²) in [5.41, 5.74) is 2.40. The van der Waals surface area contributed by atoms with Crippen LogP contribution >= 0.6 is 11.6 Å². The van der Waals surface area contributed by atoms with Gasteiger partial charge < -0.3 is 10.1 Å². The highest BCUT2D eigenvalue weighted by molar-refractivity contribution is 6.30. The summed E-state index contributed by atoms with van der Waals surface area (Å²) in [6, 6.07) is 18.6. The Labute approximate surface area is 125 Å². The van der Waals surface area contributed by atoms with Crippen molar-refractivity contribution in [1.29, 1.82) is 0 Å². The molecule has 1 unspecified atom stereocenters. The van der Waals surface area contributed by atoms with Crippen LogP contribution in [0, 0.1) is 0 Å². The van der Waals surface area contributed by atoms with E-state index in [1.165, 1.54) is 11.1 Å². The van der Waals surface area contributed by atoms with Gasteiger partial charge in [0, 0.05) is 18.2 Å². The molecule has 0 fully saturated rings. The highest BCUT2D eigenvalue weighted by atomic mass is 35.5. The molecule has 0 heterocycles. The van der Waals surface area contributed by atoms with Gasteiger partial charge in [0.05, 0.1) is 12.6 Å². The number of rotatable bonds is 6. The first kappa shape index (κ1) is 15.0. The maximum absolute atomic E-state index is 6.05. The van der Waals surface area contributed by atoms with Crippen molar-refractivity contribution < 1.29 is 4.74 Å². The van der Waals surface area contributed by atoms with Crippen LogP contribution < -0.4 is 5.32 Å². The maximum Gasteiger partial charge on any atom is 0.0657 e. The molecule has 2 nitrogen and oxygen atoms in total. The molecule has 1 N–H and O–H groups in total. The molecule has 0 spiro atoms. The molecule has 0 amide bonds. The third-order valence-electron chi connectivity index (χ3n) is 3.34. The quantitative estimate of drug-likeness (QED) is 0.852. The van der Waals surface area contributed by atoms with Crippen LogP contribution in [-0.4, -0.2) is 13.7 Å². The van der Waals surface area contributed by atoms with Crippen LogP contribution in [0.3, 0.4) is 0 Å². The summed E-state index contributed by atoms with van der Waals surface area (Å²) < 4.78 is 5.33. The molecule has 0 radical (unpaired) electrons. The van der Waals surface area contributed by atoms with Crippen molar-refractivity contribution in [3.63, 3.8) is 0 Å². The first-order valence-corrected chi connectivity index (χ1v) is 7.14. The molecule has 0 aromatic heterocycles. The van der Waals surface area contributed by atoms with Crippen molar-refractivity contribution in [2.45, 2.75) is 19.0 Å². The minimum absolute atomic E-state index is 0.162. The highest BCUT2D eigenvalue weighted by Gasteiger charge is 2.15. The second-order valence-corrected chi connectivity index (χ2v) is 5.30. The lowest BCUT2D eigenvalue weighted by molar-refractivity contribution is 0.162. The number of benzene rings is 2. The van der Waals surface area contributed by atoms with Gasteiger partial charge in [0.2, 0.25) is 0 Å². The number of halogens is 1. The summed E-state index contributed by atoms with van der Waals surface area (Å²) in [6.07, 6.45) is 0. The van der Waals surface area contributed by atoms with Gasteiger partial charge in [-0.25, -0.2) is 0 Å². The van der Waals surface area contributed by atoms with Crippen LogP contribution in [0.25, 0.3) is 0 Å². The zero-order valence-corrected chi connectivity index (χ0v) is 12.6. The Hall–Kier alpha value is -1.35. The largest absolute Gasteiger partial charge is 0.383 e. The predicted octanol–water partition coefficient (Wildman–Crippen LogP) is 4.38. The predicted molar refractivity (Wildman–Crippen MR) is 84.1 cm³/mol. The van der Waals surface area contributed by atoms with Crippen LogP contribution in [0.4, 0.5) is 0 Å². The van der Waals surface area contributed by atoms with E-state index < -0.39 is 0 Å². The van der Waals surface area contributed by atoms with Crippen LogP contribution in [0.2, 0.25) is 5.02 Å². The van der Waals surface area contributed by atoms with E-state index in [0.717, 1.165) is 5.02 Å². The molecule has 0 bridgehead atoms. The molecule has 106 valence electrons. The van der Waals surface area contributed by atoms with Crippen LogP contribution in [0.15, 0.2) is 54.6 Å². The minimum Gasteiger partial charge on any atom is -0.383 e. The van der Waals surface area contributed by atoms with E-state index in [9.17, 15) is 0 Å². The van der Waals surface area contributed by atoms with Crippen molar-refractivity contribution in [3.05, 3.63) is 70.7 Å². The van der Waals surface area contributed by atoms with Gasteiger partial charge in [-0.05, 0) is 30.2 Å². The Morgan fingerprint density at radius 3 is 2.40 bits per heavy atom. The molecule has 2 aromatic carbocycles. The zero-order valence-electron chi connectivity index (χ0n) is 11.8. The first-order chi connectivity index (χ1) is 9.70. The van der Waals surface area contributed by atoms with Gasteiger partial charge in [-0.1, -0.05) is 54.1 Å². The second-order valence-electron chi connectivity index (χ2n) is 4.86. The Morgan fingerprint density at radius 1 is 1.05 bits per heavy atom. The zero-order chi connectivity index (χ0) is 14.4. The second kappa shape index (κ2) is 7.44. The first-order valence-electron chi connectivity index (χ1n) is 6.76. The lowest BCUT2D eigenvalue weighted by Gasteiger charge is -2.23. The number of nitrogens with one attached hydrogen (secondary N) is 1. The number of ether oxygens (including phenoxy) is 1. The normalized spacial score (nSPS) is 13.9. The molecule has 0 aliphatic heterocycles. The lowest BCUT2D eigenvalue weighted by Crippen LogP contribution is -2.28. The average molecular weight is 290 g/mol. The van der Waals surface area contributed by atoms with Crippen LogP contribution in [0.5, 0.6) is 0 Å². The summed E-state index contributed by atoms with van der Waals surface area (Å²) >= 11 is 6.05. The third-order valence-corrected chi connectivity index (χ3v) is 3.57. The Balaban J connectivity index is 2.12. The van der Waals surface area contributed by atoms with Gasteiger partial charge in [-0.15, -0.1) is 0 Å². The average Bonchev–Trinajstić information content (AvgIpc) is 2.47. The Kier molecular flexibility index (Phi) is 5.60. The highest BCUT2D eigenvalue weighted by Crippen LogP contribution is 2.22. The molecule has 3 heteroatoms. The van der Waals surface area contributed by atoms with Crippen molar-refractivity contribution >= 4 is 11.6 Å². The molecular formula is C17H20ClNO. The monoisotopic (exact) mass is 289 g/mol. The van der Waals surface area contributed by atoms with Crippen LogP contribution in [-0.2, 0) is 4.74 Å². The van der Waals surface area contributed by atoms with Gasteiger partial charge in [-0.3, -0.25) is 0 Å². The van der Waals surface area contributed by atoms with Crippen molar-refractivity contribution in [2.75, 3.05) is 13.7 Å². The summed E-state index contributed by atoms with van der Waals surface area (Å²) in [4.78, 5) is 0. The summed E-state index contributed by atoms with van der Waals surface area (Å²) in [6.45, 7) is 2.77. The SMILES string of the molecule is COCC(N[C@H](C)c1cccc(Cl)c1)c1ccccc1. The molecule has 0 aliphatic carbocycles. The fourth-order valence-corrected chi connectivity index (χ4v) is 2.47. The molecule has 0 saturated carbocycles. The Bertz CT molecular complexity index is 530. The third kappa shape index (κ3) is 4.07. The van der Waals surface area contributed by atoms with Gasteiger partial charge in [-0.2, -0.15) is 0 Å². The van der Waals surface area contributed by atoms with Crippen LogP contribution in [0.1, 0.15) is 30.1 Å². The molecule has 0 saturated heterocycles. The maximum atomic E-state index is 6.05. The molecule has 2 rings (SSSR count). The molecular weight excluding hydrogens is 270 g/mol. The van der Waals surface area contributed by atoms with Crippen molar-refractivity contribution in [1.82, 2.24) is 5.32 Å². The van der Waals surface area contributed by atoms with Gasteiger partial charge in [0.25, 0.3) is 0 Å². The van der Waals surface area contributed by atoms with E-state index >= 15 is 0 Å². The topological polar surface area (TPSA) is 21.3 Å². The number of methoxy groups -OCH3 is 1. The number of hydrogen-bond acceptors (Lipinski definition) is 2. The van der Waals surface area contributed by atoms with Gasteiger partial charge >= 0.3 is 0 Å². The molecule has 20 heavy (non-hydrogen) atoms. The molecule has 0 aliphatic rings. The van der Waals surface area contributed by atoms with E-state index in [-0.39, 0.29) is 12.1 Å².